The Kier molecular flexibility index (Phi) is 5.90. The van der Waals surface area contributed by atoms with E-state index >= 15 is 0 Å². The molecule has 1 amide bonds. The number of anilines is 2. The first kappa shape index (κ1) is 17.6. The highest BCUT2D eigenvalue weighted by Crippen LogP contribution is 2.09. The lowest BCUT2D eigenvalue weighted by Gasteiger charge is -2.07. The van der Waals surface area contributed by atoms with E-state index in [0.717, 1.165) is 12.0 Å². The van der Waals surface area contributed by atoms with Crippen LogP contribution in [0.15, 0.2) is 66.7 Å². The van der Waals surface area contributed by atoms with Gasteiger partial charge in [-0.15, -0.1) is 10.2 Å². The smallest absolute Gasteiger partial charge is 0.276 e. The van der Waals surface area contributed by atoms with E-state index < -0.39 is 0 Å². The van der Waals surface area contributed by atoms with Gasteiger partial charge in [0.25, 0.3) is 5.91 Å². The molecule has 0 radical (unpaired) electrons. The van der Waals surface area contributed by atoms with E-state index in [4.69, 9.17) is 5.11 Å². The Labute approximate surface area is 151 Å². The Morgan fingerprint density at radius 1 is 0.885 bits per heavy atom. The van der Waals surface area contributed by atoms with Crippen LogP contribution in [0.25, 0.3) is 0 Å². The Bertz CT molecular complexity index is 834. The first-order valence-electron chi connectivity index (χ1n) is 8.37. The number of aliphatic hydroxyl groups excluding tert-OH is 1. The molecule has 26 heavy (non-hydrogen) atoms. The minimum absolute atomic E-state index is 0.0539. The van der Waals surface area contributed by atoms with Crippen molar-refractivity contribution >= 4 is 17.4 Å². The molecule has 0 atom stereocenters. The summed E-state index contributed by atoms with van der Waals surface area (Å²) in [6.45, 7) is 0.751. The fraction of sp³-hybridized carbons (Fsp3) is 0.150. The Morgan fingerprint density at radius 2 is 1.62 bits per heavy atom. The van der Waals surface area contributed by atoms with Gasteiger partial charge >= 0.3 is 0 Å². The Hall–Kier alpha value is -3.25. The number of aromatic nitrogens is 2. The number of nitrogens with one attached hydrogen (secondary N) is 2. The lowest BCUT2D eigenvalue weighted by molar-refractivity contribution is 0.102. The van der Waals surface area contributed by atoms with Crippen molar-refractivity contribution < 1.29 is 9.90 Å². The molecule has 6 nitrogen and oxygen atoms in total. The largest absolute Gasteiger partial charge is 0.392 e. The standard InChI is InChI=1S/C20H20N4O2/c25-14-16-8-6-15(7-9-16)12-13-21-19-11-10-18(23-24-19)20(26)22-17-4-2-1-3-5-17/h1-11,25H,12-14H2,(H,21,24)(H,22,26). The monoisotopic (exact) mass is 348 g/mol. The van der Waals surface area contributed by atoms with Gasteiger partial charge in [-0.05, 0) is 41.8 Å². The van der Waals surface area contributed by atoms with Crippen LogP contribution >= 0.6 is 0 Å². The molecule has 3 aromatic rings. The molecule has 1 aromatic heterocycles. The van der Waals surface area contributed by atoms with Gasteiger partial charge < -0.3 is 15.7 Å². The third-order valence-corrected chi connectivity index (χ3v) is 3.85. The molecule has 0 aliphatic carbocycles. The van der Waals surface area contributed by atoms with Gasteiger partial charge in [0.2, 0.25) is 0 Å². The summed E-state index contributed by atoms with van der Waals surface area (Å²) in [5, 5.41) is 23.0. The number of carbonyl (C=O) groups excluding carboxylic acids is 1. The van der Waals surface area contributed by atoms with E-state index in [2.05, 4.69) is 20.8 Å². The molecule has 0 unspecified atom stereocenters. The number of nitrogens with zero attached hydrogens (tertiary/aromatic N) is 2. The first-order valence-corrected chi connectivity index (χ1v) is 8.37. The van der Waals surface area contributed by atoms with Gasteiger partial charge in [-0.3, -0.25) is 4.79 Å². The number of hydrogen-bond acceptors (Lipinski definition) is 5. The summed E-state index contributed by atoms with van der Waals surface area (Å²) in [6.07, 6.45) is 0.823. The van der Waals surface area contributed by atoms with E-state index in [9.17, 15) is 4.79 Å². The average Bonchev–Trinajstić information content (AvgIpc) is 2.70. The van der Waals surface area contributed by atoms with Gasteiger partial charge in [0, 0.05) is 12.2 Å². The van der Waals surface area contributed by atoms with Crippen molar-refractivity contribution in [2.75, 3.05) is 17.2 Å². The summed E-state index contributed by atoms with van der Waals surface area (Å²) in [6, 6.07) is 20.4. The number of hydrogen-bond donors (Lipinski definition) is 3. The van der Waals surface area contributed by atoms with Crippen molar-refractivity contribution in [2.45, 2.75) is 13.0 Å². The average molecular weight is 348 g/mol. The predicted molar refractivity (Wildman–Crippen MR) is 101 cm³/mol. The summed E-state index contributed by atoms with van der Waals surface area (Å²) in [4.78, 5) is 12.1. The highest BCUT2D eigenvalue weighted by molar-refractivity contribution is 6.02. The molecule has 0 saturated carbocycles. The molecule has 3 rings (SSSR count). The number of benzene rings is 2. The SMILES string of the molecule is O=C(Nc1ccccc1)c1ccc(NCCc2ccc(CO)cc2)nn1. The third-order valence-electron chi connectivity index (χ3n) is 3.85. The van der Waals surface area contributed by atoms with E-state index in [1.807, 2.05) is 54.6 Å². The van der Waals surface area contributed by atoms with Crippen molar-refractivity contribution in [1.82, 2.24) is 10.2 Å². The molecular weight excluding hydrogens is 328 g/mol. The van der Waals surface area contributed by atoms with Crippen LogP contribution in [0.4, 0.5) is 11.5 Å². The summed E-state index contributed by atoms with van der Waals surface area (Å²) >= 11 is 0. The zero-order valence-corrected chi connectivity index (χ0v) is 14.2. The molecule has 0 aliphatic heterocycles. The zero-order chi connectivity index (χ0) is 18.2. The molecule has 1 heterocycles. The maximum Gasteiger partial charge on any atom is 0.276 e. The van der Waals surface area contributed by atoms with Crippen LogP contribution < -0.4 is 10.6 Å². The summed E-state index contributed by atoms with van der Waals surface area (Å²) < 4.78 is 0. The summed E-state index contributed by atoms with van der Waals surface area (Å²) in [7, 11) is 0. The van der Waals surface area contributed by atoms with Crippen LogP contribution in [0.1, 0.15) is 21.6 Å². The van der Waals surface area contributed by atoms with Crippen LogP contribution in [0, 0.1) is 0 Å². The van der Waals surface area contributed by atoms with Crippen molar-refractivity contribution in [3.05, 3.63) is 83.6 Å². The van der Waals surface area contributed by atoms with Crippen LogP contribution in [0.2, 0.25) is 0 Å². The number of aliphatic hydroxyl groups is 1. The van der Waals surface area contributed by atoms with Gasteiger partial charge in [-0.25, -0.2) is 0 Å². The topological polar surface area (TPSA) is 87.1 Å². The highest BCUT2D eigenvalue weighted by atomic mass is 16.3. The fourth-order valence-corrected chi connectivity index (χ4v) is 2.41. The minimum Gasteiger partial charge on any atom is -0.392 e. The molecule has 0 aliphatic rings. The molecule has 6 heteroatoms. The minimum atomic E-state index is -0.292. The molecule has 0 bridgehead atoms. The number of para-hydroxylation sites is 1. The van der Waals surface area contributed by atoms with Gasteiger partial charge in [-0.1, -0.05) is 42.5 Å². The molecule has 0 fully saturated rings. The van der Waals surface area contributed by atoms with E-state index in [0.29, 0.717) is 18.1 Å². The van der Waals surface area contributed by atoms with Crippen molar-refractivity contribution in [3.63, 3.8) is 0 Å². The second-order valence-corrected chi connectivity index (χ2v) is 5.78. The lowest BCUT2D eigenvalue weighted by atomic mass is 10.1. The van der Waals surface area contributed by atoms with Crippen molar-refractivity contribution in [1.29, 1.82) is 0 Å². The zero-order valence-electron chi connectivity index (χ0n) is 14.2. The normalized spacial score (nSPS) is 10.3. The molecule has 132 valence electrons. The maximum atomic E-state index is 12.1. The summed E-state index contributed by atoms with van der Waals surface area (Å²) in [5.41, 5.74) is 3.05. The van der Waals surface area contributed by atoms with Crippen LogP contribution in [-0.4, -0.2) is 27.8 Å². The maximum absolute atomic E-state index is 12.1. The highest BCUT2D eigenvalue weighted by Gasteiger charge is 2.08. The molecule has 0 saturated heterocycles. The quantitative estimate of drug-likeness (QED) is 0.611. The van der Waals surface area contributed by atoms with E-state index in [-0.39, 0.29) is 18.2 Å². The van der Waals surface area contributed by atoms with Gasteiger partial charge in [0.15, 0.2) is 5.69 Å². The second-order valence-electron chi connectivity index (χ2n) is 5.78. The number of rotatable bonds is 7. The van der Waals surface area contributed by atoms with Gasteiger partial charge in [0.05, 0.1) is 6.61 Å². The van der Waals surface area contributed by atoms with Crippen molar-refractivity contribution in [2.24, 2.45) is 0 Å². The number of amides is 1. The Morgan fingerprint density at radius 3 is 2.27 bits per heavy atom. The molecular formula is C20H20N4O2. The molecule has 0 spiro atoms. The fourth-order valence-electron chi connectivity index (χ4n) is 2.41. The lowest BCUT2D eigenvalue weighted by Crippen LogP contribution is -2.15. The van der Waals surface area contributed by atoms with Crippen molar-refractivity contribution in [3.8, 4) is 0 Å². The van der Waals surface area contributed by atoms with Crippen LogP contribution in [0.5, 0.6) is 0 Å². The van der Waals surface area contributed by atoms with Crippen LogP contribution in [0.3, 0.4) is 0 Å². The Balaban J connectivity index is 1.50. The van der Waals surface area contributed by atoms with E-state index in [1.54, 1.807) is 12.1 Å². The summed E-state index contributed by atoms with van der Waals surface area (Å²) in [5.74, 6) is 0.326. The third kappa shape index (κ3) is 4.87. The predicted octanol–water partition coefficient (Wildman–Crippen LogP) is 2.88. The first-order chi connectivity index (χ1) is 12.7. The molecule has 3 N–H and O–H groups in total. The second kappa shape index (κ2) is 8.73. The number of carbonyl (C=O) groups is 1. The van der Waals surface area contributed by atoms with Gasteiger partial charge in [-0.2, -0.15) is 0 Å². The van der Waals surface area contributed by atoms with E-state index in [1.165, 1.54) is 5.56 Å². The van der Waals surface area contributed by atoms with Gasteiger partial charge in [0.1, 0.15) is 5.82 Å². The molecule has 2 aromatic carbocycles. The van der Waals surface area contributed by atoms with Crippen LogP contribution in [-0.2, 0) is 13.0 Å².